The first-order chi connectivity index (χ1) is 19.4. The van der Waals surface area contributed by atoms with Gasteiger partial charge in [0.05, 0.1) is 12.1 Å². The fourth-order valence-corrected chi connectivity index (χ4v) is 4.80. The molecule has 202 valence electrons. The quantitative estimate of drug-likeness (QED) is 0.256. The first-order valence-electron chi connectivity index (χ1n) is 13.3. The summed E-state index contributed by atoms with van der Waals surface area (Å²) in [6, 6.07) is 22.7. The molecule has 2 N–H and O–H groups in total. The van der Waals surface area contributed by atoms with Gasteiger partial charge < -0.3 is 5.11 Å². The van der Waals surface area contributed by atoms with E-state index < -0.39 is 5.97 Å². The maximum Gasteiger partial charge on any atom is 0.335 e. The maximum atomic E-state index is 13.8. The van der Waals surface area contributed by atoms with Crippen molar-refractivity contribution in [3.63, 3.8) is 0 Å². The molecule has 5 rings (SSSR count). The van der Waals surface area contributed by atoms with Crippen molar-refractivity contribution < 1.29 is 9.90 Å². The van der Waals surface area contributed by atoms with Crippen molar-refractivity contribution in [2.45, 2.75) is 46.1 Å². The van der Waals surface area contributed by atoms with Crippen LogP contribution in [0.2, 0.25) is 0 Å². The number of H-pyrrole nitrogens is 1. The number of aromatic amines is 1. The Balaban J connectivity index is 1.46. The molecular formula is C31H30N6O3. The van der Waals surface area contributed by atoms with Gasteiger partial charge in [-0.15, -0.1) is 10.2 Å². The van der Waals surface area contributed by atoms with E-state index in [4.69, 9.17) is 4.98 Å². The molecule has 0 aliphatic heterocycles. The van der Waals surface area contributed by atoms with Crippen LogP contribution < -0.4 is 5.56 Å². The van der Waals surface area contributed by atoms with Crippen LogP contribution in [-0.2, 0) is 19.4 Å². The number of aromatic carboxylic acids is 1. The normalized spacial score (nSPS) is 11.1. The van der Waals surface area contributed by atoms with E-state index in [1.807, 2.05) is 55.5 Å². The maximum absolute atomic E-state index is 13.8. The van der Waals surface area contributed by atoms with Gasteiger partial charge in [-0.05, 0) is 52.9 Å². The average molecular weight is 535 g/mol. The van der Waals surface area contributed by atoms with Crippen LogP contribution >= 0.6 is 0 Å². The molecule has 9 nitrogen and oxygen atoms in total. The number of unbranched alkanes of at least 4 members (excludes halogenated alkanes) is 1. The minimum Gasteiger partial charge on any atom is -0.478 e. The second-order valence-corrected chi connectivity index (χ2v) is 9.74. The molecule has 0 atom stereocenters. The summed E-state index contributed by atoms with van der Waals surface area (Å²) in [5, 5.41) is 23.6. The van der Waals surface area contributed by atoms with Crippen LogP contribution in [0.25, 0.3) is 22.5 Å². The number of hydrogen-bond donors (Lipinski definition) is 2. The van der Waals surface area contributed by atoms with E-state index in [0.29, 0.717) is 30.0 Å². The van der Waals surface area contributed by atoms with Crippen molar-refractivity contribution in [2.24, 2.45) is 0 Å². The van der Waals surface area contributed by atoms with E-state index in [-0.39, 0.29) is 11.1 Å². The zero-order valence-corrected chi connectivity index (χ0v) is 22.5. The highest BCUT2D eigenvalue weighted by molar-refractivity contribution is 5.87. The minimum absolute atomic E-state index is 0.0626. The summed E-state index contributed by atoms with van der Waals surface area (Å²) in [5.74, 6) is 0.333. The lowest BCUT2D eigenvalue weighted by Gasteiger charge is -2.17. The Labute approximate surface area is 231 Å². The molecule has 3 aromatic carbocycles. The van der Waals surface area contributed by atoms with Crippen LogP contribution in [0.1, 0.15) is 58.3 Å². The van der Waals surface area contributed by atoms with E-state index in [0.717, 1.165) is 52.9 Å². The molecule has 0 saturated carbocycles. The summed E-state index contributed by atoms with van der Waals surface area (Å²) >= 11 is 0. The fraction of sp³-hybridized carbons (Fsp3) is 0.226. The number of rotatable bonds is 10. The van der Waals surface area contributed by atoms with Crippen molar-refractivity contribution in [3.8, 4) is 22.5 Å². The van der Waals surface area contributed by atoms with Gasteiger partial charge in [0.1, 0.15) is 5.82 Å². The summed E-state index contributed by atoms with van der Waals surface area (Å²) in [7, 11) is 0. The highest BCUT2D eigenvalue weighted by Gasteiger charge is 2.16. The summed E-state index contributed by atoms with van der Waals surface area (Å²) in [5.41, 5.74) is 6.22. The second kappa shape index (κ2) is 11.9. The number of carboxylic acids is 1. The third-order valence-corrected chi connectivity index (χ3v) is 7.00. The molecule has 0 spiro atoms. The standard InChI is InChI=1S/C31H30N6O3/c1-3-4-9-28-32-20(2)27(18-21-10-16-24(17-11-21)31(39)40)30(38)37(28)19-22-12-14-23(15-13-22)25-7-5-6-8-26(25)29-33-35-36-34-29/h5-8,10-17H,3-4,9,18-19H2,1-2H3,(H,39,40)(H,33,34,35,36). The fourth-order valence-electron chi connectivity index (χ4n) is 4.80. The van der Waals surface area contributed by atoms with Gasteiger partial charge in [-0.2, -0.15) is 5.21 Å². The van der Waals surface area contributed by atoms with Crippen LogP contribution in [0.15, 0.2) is 77.6 Å². The Morgan fingerprint density at radius 3 is 2.30 bits per heavy atom. The number of hydrogen-bond acceptors (Lipinski definition) is 6. The minimum atomic E-state index is -0.976. The largest absolute Gasteiger partial charge is 0.478 e. The van der Waals surface area contributed by atoms with E-state index in [1.165, 1.54) is 0 Å². The summed E-state index contributed by atoms with van der Waals surface area (Å²) < 4.78 is 1.78. The molecule has 2 aromatic heterocycles. The summed E-state index contributed by atoms with van der Waals surface area (Å²) in [4.78, 5) is 29.9. The Kier molecular flexibility index (Phi) is 7.91. The molecule has 0 amide bonds. The highest BCUT2D eigenvalue weighted by Crippen LogP contribution is 2.29. The predicted molar refractivity (Wildman–Crippen MR) is 152 cm³/mol. The molecule has 0 aliphatic rings. The zero-order chi connectivity index (χ0) is 28.1. The molecule has 5 aromatic rings. The third-order valence-electron chi connectivity index (χ3n) is 7.00. The van der Waals surface area contributed by atoms with Gasteiger partial charge in [0, 0.05) is 29.7 Å². The van der Waals surface area contributed by atoms with E-state index in [2.05, 4.69) is 27.5 Å². The number of nitrogens with one attached hydrogen (secondary N) is 1. The topological polar surface area (TPSA) is 127 Å². The predicted octanol–water partition coefficient (Wildman–Crippen LogP) is 5.08. The monoisotopic (exact) mass is 534 g/mol. The molecule has 0 saturated heterocycles. The van der Waals surface area contributed by atoms with Gasteiger partial charge >= 0.3 is 5.97 Å². The molecule has 0 unspecified atom stereocenters. The van der Waals surface area contributed by atoms with Crippen molar-refractivity contribution in [1.82, 2.24) is 30.2 Å². The van der Waals surface area contributed by atoms with Crippen LogP contribution in [0.5, 0.6) is 0 Å². The van der Waals surface area contributed by atoms with Crippen molar-refractivity contribution in [3.05, 3.63) is 117 Å². The number of carbonyl (C=O) groups is 1. The second-order valence-electron chi connectivity index (χ2n) is 9.74. The molecule has 0 bridgehead atoms. The summed E-state index contributed by atoms with van der Waals surface area (Å²) in [6.07, 6.45) is 3.04. The van der Waals surface area contributed by atoms with E-state index >= 15 is 0 Å². The van der Waals surface area contributed by atoms with Gasteiger partial charge in [0.15, 0.2) is 0 Å². The molecule has 40 heavy (non-hydrogen) atoms. The van der Waals surface area contributed by atoms with Crippen LogP contribution in [-0.4, -0.2) is 41.3 Å². The van der Waals surface area contributed by atoms with Crippen LogP contribution in [0, 0.1) is 6.92 Å². The van der Waals surface area contributed by atoms with Gasteiger partial charge in [-0.3, -0.25) is 9.36 Å². The lowest BCUT2D eigenvalue weighted by atomic mass is 9.98. The van der Waals surface area contributed by atoms with Gasteiger partial charge in [0.25, 0.3) is 5.56 Å². The smallest absolute Gasteiger partial charge is 0.335 e. The Morgan fingerprint density at radius 2 is 1.65 bits per heavy atom. The Bertz CT molecular complexity index is 1670. The van der Waals surface area contributed by atoms with Gasteiger partial charge in [0.2, 0.25) is 5.82 Å². The number of aromatic nitrogens is 6. The molecular weight excluding hydrogens is 504 g/mol. The number of tetrazole rings is 1. The van der Waals surface area contributed by atoms with Gasteiger partial charge in [-0.1, -0.05) is 74.0 Å². The number of aryl methyl sites for hydroxylation is 2. The zero-order valence-electron chi connectivity index (χ0n) is 22.5. The molecule has 2 heterocycles. The van der Waals surface area contributed by atoms with Crippen molar-refractivity contribution in [1.29, 1.82) is 0 Å². The number of carboxylic acid groups (broad SMARTS) is 1. The lowest BCUT2D eigenvalue weighted by molar-refractivity contribution is 0.0697. The van der Waals surface area contributed by atoms with Crippen molar-refractivity contribution >= 4 is 5.97 Å². The van der Waals surface area contributed by atoms with E-state index in [9.17, 15) is 14.7 Å². The number of benzene rings is 3. The van der Waals surface area contributed by atoms with Crippen LogP contribution in [0.3, 0.4) is 0 Å². The molecule has 9 heteroatoms. The number of nitrogens with zero attached hydrogens (tertiary/aromatic N) is 5. The molecule has 0 radical (unpaired) electrons. The Morgan fingerprint density at radius 1 is 0.950 bits per heavy atom. The summed E-state index contributed by atoms with van der Waals surface area (Å²) in [6.45, 7) is 4.40. The Hall–Kier alpha value is -4.92. The third kappa shape index (κ3) is 5.73. The first kappa shape index (κ1) is 26.7. The lowest BCUT2D eigenvalue weighted by Crippen LogP contribution is -2.30. The average Bonchev–Trinajstić information content (AvgIpc) is 3.51. The van der Waals surface area contributed by atoms with Crippen LogP contribution in [0.4, 0.5) is 0 Å². The highest BCUT2D eigenvalue weighted by atomic mass is 16.4. The molecule has 0 aliphatic carbocycles. The van der Waals surface area contributed by atoms with Crippen molar-refractivity contribution in [2.75, 3.05) is 0 Å². The SMILES string of the molecule is CCCCc1nc(C)c(Cc2ccc(C(=O)O)cc2)c(=O)n1Cc1ccc(-c2ccccc2-c2nn[nH]n2)cc1. The van der Waals surface area contributed by atoms with Gasteiger partial charge in [-0.25, -0.2) is 9.78 Å². The molecule has 0 fully saturated rings. The first-order valence-corrected chi connectivity index (χ1v) is 13.3. The van der Waals surface area contributed by atoms with E-state index in [1.54, 1.807) is 28.8 Å².